The third-order valence-corrected chi connectivity index (χ3v) is 2.94. The van der Waals surface area contributed by atoms with Gasteiger partial charge in [-0.2, -0.15) is 15.4 Å². The van der Waals surface area contributed by atoms with Crippen LogP contribution in [-0.4, -0.2) is 26.3 Å². The average molecular weight is 313 g/mol. The topological polar surface area (TPSA) is 92.8 Å². The molecule has 1 amide bonds. The number of ether oxygens (including phenoxy) is 1. The minimum atomic E-state index is -0.584. The standard InChI is InChI=1S/C15H12FN5O2/c16-12-7-10(19-15(22)13-8-18-21-20-13)4-5-14(12)23-9-11-3-1-2-6-17-11/h1-8H,9H2,(H,19,22)(H,18,20,21). The molecule has 3 rings (SSSR count). The smallest absolute Gasteiger partial charge is 0.277 e. The fourth-order valence-electron chi connectivity index (χ4n) is 1.84. The van der Waals surface area contributed by atoms with Gasteiger partial charge in [0, 0.05) is 18.0 Å². The van der Waals surface area contributed by atoms with Gasteiger partial charge in [0.05, 0.1) is 11.9 Å². The SMILES string of the molecule is O=C(Nc1ccc(OCc2ccccn2)c(F)c1)c1cn[nH]n1. The molecule has 0 bridgehead atoms. The molecular weight excluding hydrogens is 301 g/mol. The van der Waals surface area contributed by atoms with Gasteiger partial charge < -0.3 is 10.1 Å². The van der Waals surface area contributed by atoms with Crippen LogP contribution >= 0.6 is 0 Å². The second-order valence-corrected chi connectivity index (χ2v) is 4.56. The minimum Gasteiger partial charge on any atom is -0.484 e. The number of pyridine rings is 1. The van der Waals surface area contributed by atoms with Crippen LogP contribution in [-0.2, 0) is 6.61 Å². The van der Waals surface area contributed by atoms with E-state index in [1.807, 2.05) is 6.07 Å². The van der Waals surface area contributed by atoms with Gasteiger partial charge in [-0.1, -0.05) is 6.07 Å². The molecule has 0 radical (unpaired) electrons. The number of aromatic nitrogens is 4. The molecule has 0 spiro atoms. The van der Waals surface area contributed by atoms with Crippen molar-refractivity contribution in [2.45, 2.75) is 6.61 Å². The number of hydrogen-bond acceptors (Lipinski definition) is 5. The molecule has 0 aliphatic heterocycles. The van der Waals surface area contributed by atoms with Gasteiger partial charge in [0.15, 0.2) is 17.3 Å². The molecule has 7 nitrogen and oxygen atoms in total. The van der Waals surface area contributed by atoms with Gasteiger partial charge in [-0.25, -0.2) is 4.39 Å². The van der Waals surface area contributed by atoms with E-state index in [0.29, 0.717) is 11.4 Å². The second-order valence-electron chi connectivity index (χ2n) is 4.56. The predicted molar refractivity (Wildman–Crippen MR) is 79.3 cm³/mol. The van der Waals surface area contributed by atoms with E-state index in [4.69, 9.17) is 4.74 Å². The van der Waals surface area contributed by atoms with Crippen LogP contribution in [0.15, 0.2) is 48.8 Å². The van der Waals surface area contributed by atoms with Crippen molar-refractivity contribution in [2.75, 3.05) is 5.32 Å². The average Bonchev–Trinajstić information content (AvgIpc) is 3.10. The van der Waals surface area contributed by atoms with Crippen LogP contribution in [0.2, 0.25) is 0 Å². The largest absolute Gasteiger partial charge is 0.484 e. The summed E-state index contributed by atoms with van der Waals surface area (Å²) in [6.07, 6.45) is 2.91. The van der Waals surface area contributed by atoms with E-state index < -0.39 is 11.7 Å². The number of carbonyl (C=O) groups is 1. The Labute approximate surface area is 130 Å². The molecule has 1 aromatic carbocycles. The highest BCUT2D eigenvalue weighted by Gasteiger charge is 2.11. The predicted octanol–water partition coefficient (Wildman–Crippen LogP) is 2.17. The third-order valence-electron chi connectivity index (χ3n) is 2.94. The first-order valence-corrected chi connectivity index (χ1v) is 6.72. The van der Waals surface area contributed by atoms with Gasteiger partial charge in [-0.15, -0.1) is 0 Å². The van der Waals surface area contributed by atoms with E-state index in [2.05, 4.69) is 25.7 Å². The fourth-order valence-corrected chi connectivity index (χ4v) is 1.84. The molecule has 3 aromatic rings. The number of H-pyrrole nitrogens is 1. The quantitative estimate of drug-likeness (QED) is 0.753. The summed E-state index contributed by atoms with van der Waals surface area (Å²) in [5.74, 6) is -0.991. The summed E-state index contributed by atoms with van der Waals surface area (Å²) in [6, 6.07) is 9.54. The van der Waals surface area contributed by atoms with Crippen molar-refractivity contribution in [1.29, 1.82) is 0 Å². The number of hydrogen-bond donors (Lipinski definition) is 2. The molecule has 23 heavy (non-hydrogen) atoms. The van der Waals surface area contributed by atoms with E-state index in [1.165, 1.54) is 24.4 Å². The van der Waals surface area contributed by atoms with E-state index >= 15 is 0 Å². The minimum absolute atomic E-state index is 0.0788. The first-order chi connectivity index (χ1) is 11.2. The van der Waals surface area contributed by atoms with Crippen molar-refractivity contribution >= 4 is 11.6 Å². The van der Waals surface area contributed by atoms with Crippen LogP contribution in [0, 0.1) is 5.82 Å². The Morgan fingerprint density at radius 3 is 2.91 bits per heavy atom. The monoisotopic (exact) mass is 313 g/mol. The van der Waals surface area contributed by atoms with Crippen molar-refractivity contribution in [1.82, 2.24) is 20.4 Å². The Kier molecular flexibility index (Phi) is 4.23. The zero-order valence-electron chi connectivity index (χ0n) is 11.9. The Balaban J connectivity index is 1.65. The van der Waals surface area contributed by atoms with Gasteiger partial charge in [0.25, 0.3) is 5.91 Å². The van der Waals surface area contributed by atoms with Gasteiger partial charge in [-0.05, 0) is 24.3 Å². The number of rotatable bonds is 5. The molecule has 8 heteroatoms. The number of amides is 1. The molecule has 116 valence electrons. The Bertz CT molecular complexity index is 793. The molecule has 0 aliphatic carbocycles. The lowest BCUT2D eigenvalue weighted by molar-refractivity contribution is 0.102. The molecule has 2 aromatic heterocycles. The summed E-state index contributed by atoms with van der Waals surface area (Å²) >= 11 is 0. The summed E-state index contributed by atoms with van der Waals surface area (Å²) in [5.41, 5.74) is 1.09. The molecule has 0 saturated heterocycles. The molecule has 0 aliphatic rings. The lowest BCUT2D eigenvalue weighted by atomic mass is 10.2. The summed E-state index contributed by atoms with van der Waals surface area (Å²) in [7, 11) is 0. The van der Waals surface area contributed by atoms with E-state index in [0.717, 1.165) is 0 Å². The van der Waals surface area contributed by atoms with Crippen molar-refractivity contribution < 1.29 is 13.9 Å². The van der Waals surface area contributed by atoms with Crippen molar-refractivity contribution in [3.8, 4) is 5.75 Å². The van der Waals surface area contributed by atoms with Gasteiger partial charge >= 0.3 is 0 Å². The number of nitrogens with zero attached hydrogens (tertiary/aromatic N) is 3. The van der Waals surface area contributed by atoms with E-state index in [1.54, 1.807) is 18.3 Å². The lowest BCUT2D eigenvalue weighted by Crippen LogP contribution is -2.12. The van der Waals surface area contributed by atoms with Gasteiger partial charge in [0.1, 0.15) is 6.61 Å². The zero-order valence-corrected chi connectivity index (χ0v) is 11.9. The first kappa shape index (κ1) is 14.6. The summed E-state index contributed by atoms with van der Waals surface area (Å²) in [4.78, 5) is 15.9. The highest BCUT2D eigenvalue weighted by atomic mass is 19.1. The second kappa shape index (κ2) is 6.65. The lowest BCUT2D eigenvalue weighted by Gasteiger charge is -2.09. The molecule has 0 fully saturated rings. The Hall–Kier alpha value is -3.29. The number of nitrogens with one attached hydrogen (secondary N) is 2. The maximum Gasteiger partial charge on any atom is 0.277 e. The van der Waals surface area contributed by atoms with Crippen LogP contribution in [0.3, 0.4) is 0 Å². The normalized spacial score (nSPS) is 10.3. The highest BCUT2D eigenvalue weighted by molar-refractivity contribution is 6.02. The summed E-state index contributed by atoms with van der Waals surface area (Å²) in [6.45, 7) is 0.155. The molecule has 0 atom stereocenters. The molecule has 0 saturated carbocycles. The number of aromatic amines is 1. The van der Waals surface area contributed by atoms with Gasteiger partial charge in [0.2, 0.25) is 0 Å². The van der Waals surface area contributed by atoms with Crippen molar-refractivity contribution in [3.63, 3.8) is 0 Å². The fraction of sp³-hybridized carbons (Fsp3) is 0.0667. The van der Waals surface area contributed by atoms with Gasteiger partial charge in [-0.3, -0.25) is 9.78 Å². The third kappa shape index (κ3) is 3.67. The number of benzene rings is 1. The maximum absolute atomic E-state index is 14.0. The van der Waals surface area contributed by atoms with Crippen LogP contribution in [0.4, 0.5) is 10.1 Å². The van der Waals surface area contributed by atoms with Crippen LogP contribution in [0.1, 0.15) is 16.2 Å². The molecule has 2 heterocycles. The first-order valence-electron chi connectivity index (χ1n) is 6.72. The number of halogens is 1. The zero-order chi connectivity index (χ0) is 16.1. The maximum atomic E-state index is 14.0. The van der Waals surface area contributed by atoms with Crippen LogP contribution in [0.5, 0.6) is 5.75 Å². The van der Waals surface area contributed by atoms with Crippen LogP contribution in [0.25, 0.3) is 0 Å². The molecular formula is C15H12FN5O2. The molecule has 0 unspecified atom stereocenters. The van der Waals surface area contributed by atoms with E-state index in [9.17, 15) is 9.18 Å². The van der Waals surface area contributed by atoms with Crippen molar-refractivity contribution in [3.05, 3.63) is 66.0 Å². The highest BCUT2D eigenvalue weighted by Crippen LogP contribution is 2.22. The molecule has 2 N–H and O–H groups in total. The summed E-state index contributed by atoms with van der Waals surface area (Å²) < 4.78 is 19.4. The van der Waals surface area contributed by atoms with E-state index in [-0.39, 0.29) is 18.1 Å². The number of anilines is 1. The Morgan fingerprint density at radius 2 is 2.22 bits per heavy atom. The van der Waals surface area contributed by atoms with Crippen LogP contribution < -0.4 is 10.1 Å². The number of carbonyl (C=O) groups excluding carboxylic acids is 1. The Morgan fingerprint density at radius 1 is 1.30 bits per heavy atom. The van der Waals surface area contributed by atoms with Crippen molar-refractivity contribution in [2.24, 2.45) is 0 Å². The summed E-state index contributed by atoms with van der Waals surface area (Å²) in [5, 5.41) is 12.0.